The lowest BCUT2D eigenvalue weighted by Crippen LogP contribution is -1.77. The van der Waals surface area contributed by atoms with Crippen LogP contribution < -0.4 is 5.14 Å². The third-order valence-electron chi connectivity index (χ3n) is 0.167. The molecule has 0 radical (unpaired) electrons. The fourth-order valence-corrected chi connectivity index (χ4v) is 0.144. The minimum absolute atomic E-state index is 0.611. The van der Waals surface area contributed by atoms with Crippen LogP contribution in [0.3, 0.4) is 0 Å². The zero-order valence-corrected chi connectivity index (χ0v) is 3.59. The maximum atomic E-state index is 4.91. The summed E-state index contributed by atoms with van der Waals surface area (Å²) in [6.07, 6.45) is 4.79. The first kappa shape index (κ1) is 4.87. The van der Waals surface area contributed by atoms with Crippen LogP contribution >= 0.6 is 11.9 Å². The summed E-state index contributed by atoms with van der Waals surface area (Å²) in [6.45, 7) is 0. The maximum Gasteiger partial charge on any atom is 0.0687 e. The van der Waals surface area contributed by atoms with Gasteiger partial charge in [-0.3, -0.25) is 5.14 Å². The van der Waals surface area contributed by atoms with Gasteiger partial charge in [0.05, 0.1) is 5.75 Å². The Morgan fingerprint density at radius 3 is 2.60 bits per heavy atom. The van der Waals surface area contributed by atoms with Crippen molar-refractivity contribution in [2.24, 2.45) is 5.14 Å². The smallest absolute Gasteiger partial charge is 0.0687 e. The summed E-state index contributed by atoms with van der Waals surface area (Å²) >= 11 is 1.17. The molecule has 2 heteroatoms. The van der Waals surface area contributed by atoms with Gasteiger partial charge < -0.3 is 0 Å². The van der Waals surface area contributed by atoms with E-state index in [0.29, 0.717) is 5.75 Å². The van der Waals surface area contributed by atoms with E-state index in [1.54, 1.807) is 0 Å². The van der Waals surface area contributed by atoms with E-state index >= 15 is 0 Å². The predicted molar refractivity (Wildman–Crippen MR) is 25.5 cm³/mol. The van der Waals surface area contributed by atoms with Crippen molar-refractivity contribution in [1.82, 2.24) is 0 Å². The third-order valence-corrected chi connectivity index (χ3v) is 0.500. The standard InChI is InChI=1S/C3H5NS/c1-2-3-5-4/h1H,3-4H2. The van der Waals surface area contributed by atoms with E-state index in [-0.39, 0.29) is 0 Å². The highest BCUT2D eigenvalue weighted by Crippen LogP contribution is 1.76. The van der Waals surface area contributed by atoms with Crippen LogP contribution in [0.15, 0.2) is 0 Å². The molecule has 0 aliphatic carbocycles. The van der Waals surface area contributed by atoms with Gasteiger partial charge in [0.2, 0.25) is 0 Å². The van der Waals surface area contributed by atoms with Crippen LogP contribution in [-0.4, -0.2) is 5.75 Å². The van der Waals surface area contributed by atoms with Crippen LogP contribution in [0.5, 0.6) is 0 Å². The molecular formula is C3H5NS. The van der Waals surface area contributed by atoms with Crippen LogP contribution in [-0.2, 0) is 0 Å². The van der Waals surface area contributed by atoms with Gasteiger partial charge in [0, 0.05) is 0 Å². The molecule has 0 saturated carbocycles. The van der Waals surface area contributed by atoms with Crippen molar-refractivity contribution in [1.29, 1.82) is 0 Å². The van der Waals surface area contributed by atoms with Crippen molar-refractivity contribution in [3.8, 4) is 12.3 Å². The van der Waals surface area contributed by atoms with Crippen molar-refractivity contribution in [2.75, 3.05) is 5.75 Å². The summed E-state index contributed by atoms with van der Waals surface area (Å²) in [5.41, 5.74) is 0. The van der Waals surface area contributed by atoms with Gasteiger partial charge in [-0.15, -0.1) is 6.42 Å². The summed E-state index contributed by atoms with van der Waals surface area (Å²) in [4.78, 5) is 0. The van der Waals surface area contributed by atoms with Crippen LogP contribution in [0.4, 0.5) is 0 Å². The lowest BCUT2D eigenvalue weighted by Gasteiger charge is -1.71. The highest BCUT2D eigenvalue weighted by molar-refractivity contribution is 7.97. The number of hydrogen-bond donors (Lipinski definition) is 1. The Bertz CT molecular complexity index is 45.3. The zero-order chi connectivity index (χ0) is 4.12. The second-order valence-corrected chi connectivity index (χ2v) is 1.14. The molecule has 0 rings (SSSR count). The first-order valence-electron chi connectivity index (χ1n) is 1.17. The molecular weight excluding hydrogens is 82.1 g/mol. The molecule has 2 N–H and O–H groups in total. The second-order valence-electron chi connectivity index (χ2n) is 0.515. The minimum atomic E-state index is 0.611. The van der Waals surface area contributed by atoms with E-state index in [1.807, 2.05) is 0 Å². The zero-order valence-electron chi connectivity index (χ0n) is 2.77. The van der Waals surface area contributed by atoms with Gasteiger partial charge in [0.15, 0.2) is 0 Å². The number of hydrogen-bond acceptors (Lipinski definition) is 2. The summed E-state index contributed by atoms with van der Waals surface area (Å²) in [5, 5.41) is 4.91. The van der Waals surface area contributed by atoms with Crippen LogP contribution in [0, 0.1) is 12.3 Å². The minimum Gasteiger partial charge on any atom is -0.277 e. The van der Waals surface area contributed by atoms with Gasteiger partial charge in [-0.1, -0.05) is 17.9 Å². The Labute approximate surface area is 36.1 Å². The van der Waals surface area contributed by atoms with E-state index in [1.165, 1.54) is 11.9 Å². The SMILES string of the molecule is C#CCSN. The fraction of sp³-hybridized carbons (Fsp3) is 0.333. The quantitative estimate of drug-likeness (QED) is 0.366. The normalized spacial score (nSPS) is 6.40. The average Bonchev–Trinajstić information content (AvgIpc) is 1.41. The predicted octanol–water partition coefficient (Wildman–Crippen LogP) is 0.227. The first-order valence-corrected chi connectivity index (χ1v) is 2.22. The van der Waals surface area contributed by atoms with E-state index in [9.17, 15) is 0 Å². The molecule has 1 nitrogen and oxygen atoms in total. The summed E-state index contributed by atoms with van der Waals surface area (Å²) in [6, 6.07) is 0. The summed E-state index contributed by atoms with van der Waals surface area (Å²) in [7, 11) is 0. The Hall–Kier alpha value is -0.130. The fourth-order valence-electron chi connectivity index (χ4n) is 0.0481. The van der Waals surface area contributed by atoms with Crippen LogP contribution in [0.2, 0.25) is 0 Å². The lowest BCUT2D eigenvalue weighted by atomic mass is 10.8. The molecule has 28 valence electrons. The Morgan fingerprint density at radius 2 is 2.60 bits per heavy atom. The Morgan fingerprint density at radius 1 is 2.00 bits per heavy atom. The number of terminal acetylenes is 1. The summed E-state index contributed by atoms with van der Waals surface area (Å²) in [5.74, 6) is 2.97. The van der Waals surface area contributed by atoms with Gasteiger partial charge in [0.1, 0.15) is 0 Å². The molecule has 0 aliphatic rings. The molecule has 0 aromatic carbocycles. The monoisotopic (exact) mass is 87.0 g/mol. The highest BCUT2D eigenvalue weighted by atomic mass is 32.2. The average molecular weight is 87.1 g/mol. The molecule has 0 amide bonds. The molecule has 0 unspecified atom stereocenters. The number of rotatable bonds is 1. The van der Waals surface area contributed by atoms with E-state index < -0.39 is 0 Å². The maximum absolute atomic E-state index is 4.91. The van der Waals surface area contributed by atoms with E-state index in [4.69, 9.17) is 11.6 Å². The van der Waals surface area contributed by atoms with Gasteiger partial charge in [-0.2, -0.15) is 0 Å². The lowest BCUT2D eigenvalue weighted by molar-refractivity contribution is 1.88. The molecule has 0 bridgehead atoms. The summed E-state index contributed by atoms with van der Waals surface area (Å²) < 4.78 is 0. The van der Waals surface area contributed by atoms with Gasteiger partial charge in [0.25, 0.3) is 0 Å². The van der Waals surface area contributed by atoms with Crippen molar-refractivity contribution in [3.63, 3.8) is 0 Å². The van der Waals surface area contributed by atoms with Crippen molar-refractivity contribution in [3.05, 3.63) is 0 Å². The topological polar surface area (TPSA) is 26.0 Å². The van der Waals surface area contributed by atoms with Gasteiger partial charge in [-0.05, 0) is 0 Å². The van der Waals surface area contributed by atoms with Crippen LogP contribution in [0.25, 0.3) is 0 Å². The Kier molecular flexibility index (Phi) is 3.77. The second kappa shape index (κ2) is 3.87. The van der Waals surface area contributed by atoms with E-state index in [2.05, 4.69) is 5.92 Å². The molecule has 5 heavy (non-hydrogen) atoms. The van der Waals surface area contributed by atoms with Crippen molar-refractivity contribution >= 4 is 11.9 Å². The van der Waals surface area contributed by atoms with Crippen molar-refractivity contribution < 1.29 is 0 Å². The Balaban J connectivity index is 2.48. The molecule has 0 spiro atoms. The van der Waals surface area contributed by atoms with Gasteiger partial charge >= 0.3 is 0 Å². The first-order chi connectivity index (χ1) is 2.41. The van der Waals surface area contributed by atoms with Crippen molar-refractivity contribution in [2.45, 2.75) is 0 Å². The van der Waals surface area contributed by atoms with E-state index in [0.717, 1.165) is 0 Å². The number of nitrogens with two attached hydrogens (primary N) is 1. The molecule has 0 heterocycles. The molecule has 0 aliphatic heterocycles. The third kappa shape index (κ3) is 3.87. The largest absolute Gasteiger partial charge is 0.277 e. The highest BCUT2D eigenvalue weighted by Gasteiger charge is 1.61. The molecule has 0 fully saturated rings. The van der Waals surface area contributed by atoms with Gasteiger partial charge in [-0.25, -0.2) is 0 Å². The molecule has 0 atom stereocenters. The molecule has 0 saturated heterocycles. The van der Waals surface area contributed by atoms with Crippen LogP contribution in [0.1, 0.15) is 0 Å². The molecule has 0 aromatic rings. The molecule has 0 aromatic heterocycles.